The summed E-state index contributed by atoms with van der Waals surface area (Å²) >= 11 is 0. The van der Waals surface area contributed by atoms with E-state index in [1.165, 1.54) is 6.42 Å². The van der Waals surface area contributed by atoms with E-state index >= 15 is 0 Å². The number of nitrogen functional groups attached to an aromatic ring is 1. The molecule has 1 aromatic carbocycles. The van der Waals surface area contributed by atoms with Crippen LogP contribution in [0.3, 0.4) is 0 Å². The van der Waals surface area contributed by atoms with E-state index in [1.807, 2.05) is 18.2 Å². The summed E-state index contributed by atoms with van der Waals surface area (Å²) < 4.78 is 0. The van der Waals surface area contributed by atoms with Crippen LogP contribution in [0.1, 0.15) is 32.8 Å². The fourth-order valence-electron chi connectivity index (χ4n) is 2.88. The van der Waals surface area contributed by atoms with Crippen molar-refractivity contribution in [1.82, 2.24) is 0 Å². The fourth-order valence-corrected chi connectivity index (χ4v) is 2.88. The maximum absolute atomic E-state index is 9.06. The lowest BCUT2D eigenvalue weighted by Gasteiger charge is -2.42. The molecule has 3 heteroatoms. The van der Waals surface area contributed by atoms with Crippen molar-refractivity contribution >= 4 is 11.4 Å². The number of nitrogens with zero attached hydrogens (tertiary/aromatic N) is 2. The first-order chi connectivity index (χ1) is 8.52. The van der Waals surface area contributed by atoms with Crippen molar-refractivity contribution in [3.05, 3.63) is 23.8 Å². The van der Waals surface area contributed by atoms with Crippen LogP contribution in [-0.2, 0) is 0 Å². The summed E-state index contributed by atoms with van der Waals surface area (Å²) in [5, 5.41) is 9.06. The molecular weight excluding hydrogens is 222 g/mol. The molecule has 0 aromatic heterocycles. The van der Waals surface area contributed by atoms with Crippen LogP contribution in [0.25, 0.3) is 0 Å². The maximum atomic E-state index is 9.06. The molecule has 0 amide bonds. The number of benzene rings is 1. The standard InChI is InChI=1S/C15H21N3/c1-10-6-11(2)12(3)18(9-10)14-4-5-15(17)13(7-14)8-16/h4-5,7,10-12H,6,9,17H2,1-3H3. The normalized spacial score (nSPS) is 27.9. The molecular formula is C15H21N3. The summed E-state index contributed by atoms with van der Waals surface area (Å²) in [4.78, 5) is 2.40. The van der Waals surface area contributed by atoms with E-state index in [0.717, 1.165) is 12.2 Å². The molecule has 3 nitrogen and oxygen atoms in total. The fraction of sp³-hybridized carbons (Fsp3) is 0.533. The molecule has 18 heavy (non-hydrogen) atoms. The largest absolute Gasteiger partial charge is 0.398 e. The first-order valence-corrected chi connectivity index (χ1v) is 6.59. The molecule has 2 rings (SSSR count). The second-order valence-electron chi connectivity index (χ2n) is 5.59. The SMILES string of the molecule is CC1CC(C)C(C)N(c2ccc(N)c(C#N)c2)C1. The van der Waals surface area contributed by atoms with E-state index < -0.39 is 0 Å². The van der Waals surface area contributed by atoms with Crippen molar-refractivity contribution in [3.63, 3.8) is 0 Å². The lowest BCUT2D eigenvalue weighted by Crippen LogP contribution is -2.45. The van der Waals surface area contributed by atoms with E-state index in [-0.39, 0.29) is 0 Å². The van der Waals surface area contributed by atoms with Crippen LogP contribution < -0.4 is 10.6 Å². The van der Waals surface area contributed by atoms with Gasteiger partial charge in [0.1, 0.15) is 6.07 Å². The number of hydrogen-bond acceptors (Lipinski definition) is 3. The van der Waals surface area contributed by atoms with E-state index in [9.17, 15) is 0 Å². The zero-order valence-electron chi connectivity index (χ0n) is 11.4. The Bertz CT molecular complexity index is 475. The predicted octanol–water partition coefficient (Wildman–Crippen LogP) is 3.01. The molecule has 0 aliphatic carbocycles. The van der Waals surface area contributed by atoms with E-state index in [4.69, 9.17) is 11.0 Å². The average Bonchev–Trinajstić information content (AvgIpc) is 2.34. The minimum atomic E-state index is 0.511. The molecule has 1 heterocycles. The van der Waals surface area contributed by atoms with Crippen LogP contribution in [0, 0.1) is 23.2 Å². The highest BCUT2D eigenvalue weighted by Gasteiger charge is 2.29. The van der Waals surface area contributed by atoms with Crippen LogP contribution in [0.2, 0.25) is 0 Å². The van der Waals surface area contributed by atoms with Crippen molar-refractivity contribution in [2.24, 2.45) is 11.8 Å². The Hall–Kier alpha value is -1.69. The van der Waals surface area contributed by atoms with Crippen LogP contribution in [0.5, 0.6) is 0 Å². The monoisotopic (exact) mass is 243 g/mol. The van der Waals surface area contributed by atoms with Crippen molar-refractivity contribution in [2.75, 3.05) is 17.2 Å². The Morgan fingerprint density at radius 3 is 2.72 bits per heavy atom. The smallest absolute Gasteiger partial charge is 0.101 e. The molecule has 3 atom stereocenters. The second kappa shape index (κ2) is 4.89. The maximum Gasteiger partial charge on any atom is 0.101 e. The van der Waals surface area contributed by atoms with Gasteiger partial charge in [0.25, 0.3) is 0 Å². The Morgan fingerprint density at radius 1 is 1.33 bits per heavy atom. The van der Waals surface area contributed by atoms with E-state index in [0.29, 0.717) is 29.1 Å². The molecule has 0 radical (unpaired) electrons. The lowest BCUT2D eigenvalue weighted by molar-refractivity contribution is 0.297. The lowest BCUT2D eigenvalue weighted by atomic mass is 9.85. The van der Waals surface area contributed by atoms with Crippen molar-refractivity contribution in [3.8, 4) is 6.07 Å². The van der Waals surface area contributed by atoms with Gasteiger partial charge in [-0.2, -0.15) is 5.26 Å². The third-order valence-electron chi connectivity index (χ3n) is 4.09. The Morgan fingerprint density at radius 2 is 2.06 bits per heavy atom. The van der Waals surface area contributed by atoms with E-state index in [2.05, 4.69) is 31.7 Å². The first-order valence-electron chi connectivity index (χ1n) is 6.59. The predicted molar refractivity (Wildman–Crippen MR) is 75.3 cm³/mol. The molecule has 96 valence electrons. The minimum Gasteiger partial charge on any atom is -0.398 e. The molecule has 3 unspecified atom stereocenters. The molecule has 1 aromatic rings. The van der Waals surface area contributed by atoms with Gasteiger partial charge in [0.2, 0.25) is 0 Å². The average molecular weight is 243 g/mol. The Balaban J connectivity index is 2.33. The van der Waals surface area contributed by atoms with Gasteiger partial charge in [-0.1, -0.05) is 13.8 Å². The number of nitrogens with two attached hydrogens (primary N) is 1. The number of rotatable bonds is 1. The number of nitriles is 1. The second-order valence-corrected chi connectivity index (χ2v) is 5.59. The summed E-state index contributed by atoms with van der Waals surface area (Å²) in [6, 6.07) is 8.45. The number of piperidine rings is 1. The minimum absolute atomic E-state index is 0.511. The molecule has 1 aliphatic rings. The molecule has 0 bridgehead atoms. The summed E-state index contributed by atoms with van der Waals surface area (Å²) in [6.45, 7) is 7.91. The summed E-state index contributed by atoms with van der Waals surface area (Å²) in [5.74, 6) is 1.37. The van der Waals surface area contributed by atoms with Crippen LogP contribution in [0.15, 0.2) is 18.2 Å². The van der Waals surface area contributed by atoms with Crippen LogP contribution in [0.4, 0.5) is 11.4 Å². The summed E-state index contributed by atoms with van der Waals surface area (Å²) in [7, 11) is 0. The van der Waals surface area contributed by atoms with Crippen LogP contribution in [-0.4, -0.2) is 12.6 Å². The molecule has 0 spiro atoms. The highest BCUT2D eigenvalue weighted by molar-refractivity contribution is 5.63. The van der Waals surface area contributed by atoms with E-state index in [1.54, 1.807) is 0 Å². The zero-order valence-corrected chi connectivity index (χ0v) is 11.4. The van der Waals surface area contributed by atoms with Crippen molar-refractivity contribution in [1.29, 1.82) is 5.26 Å². The number of anilines is 2. The van der Waals surface area contributed by atoms with Gasteiger partial charge in [0.05, 0.1) is 5.56 Å². The van der Waals surface area contributed by atoms with Gasteiger partial charge in [-0.3, -0.25) is 0 Å². The quantitative estimate of drug-likeness (QED) is 0.771. The van der Waals surface area contributed by atoms with Crippen molar-refractivity contribution < 1.29 is 0 Å². The van der Waals surface area contributed by atoms with Gasteiger partial charge < -0.3 is 10.6 Å². The Kier molecular flexibility index (Phi) is 3.47. The molecule has 2 N–H and O–H groups in total. The van der Waals surface area contributed by atoms with Gasteiger partial charge >= 0.3 is 0 Å². The molecule has 1 saturated heterocycles. The van der Waals surface area contributed by atoms with Crippen LogP contribution >= 0.6 is 0 Å². The van der Waals surface area contributed by atoms with Gasteiger partial charge in [-0.05, 0) is 43.4 Å². The zero-order chi connectivity index (χ0) is 13.3. The third-order valence-corrected chi connectivity index (χ3v) is 4.09. The topological polar surface area (TPSA) is 53.0 Å². The van der Waals surface area contributed by atoms with Gasteiger partial charge in [0, 0.05) is 24.0 Å². The molecule has 0 saturated carbocycles. The first kappa shape index (κ1) is 12.8. The van der Waals surface area contributed by atoms with Gasteiger partial charge in [0.15, 0.2) is 0 Å². The summed E-state index contributed by atoms with van der Waals surface area (Å²) in [6.07, 6.45) is 1.28. The Labute approximate surface area is 109 Å². The highest BCUT2D eigenvalue weighted by atomic mass is 15.2. The third kappa shape index (κ3) is 2.28. The van der Waals surface area contributed by atoms with Crippen molar-refractivity contribution in [2.45, 2.75) is 33.2 Å². The molecule has 1 aliphatic heterocycles. The summed E-state index contributed by atoms with van der Waals surface area (Å²) in [5.41, 5.74) is 8.03. The van der Waals surface area contributed by atoms with Gasteiger partial charge in [-0.25, -0.2) is 0 Å². The highest BCUT2D eigenvalue weighted by Crippen LogP contribution is 2.32. The van der Waals surface area contributed by atoms with Gasteiger partial charge in [-0.15, -0.1) is 0 Å². The number of hydrogen-bond donors (Lipinski definition) is 1. The molecule has 1 fully saturated rings.